The molecule has 0 fully saturated rings. The molecule has 0 aromatic heterocycles. The molecular weight excluding hydrogens is 223 g/mol. The second-order valence-corrected chi connectivity index (χ2v) is 4.54. The van der Waals surface area contributed by atoms with E-state index in [1.807, 2.05) is 30.3 Å². The zero-order chi connectivity index (χ0) is 10.4. The molecule has 0 saturated carbocycles. The minimum absolute atomic E-state index is 0. The van der Waals surface area contributed by atoms with E-state index in [1.54, 1.807) is 6.08 Å². The van der Waals surface area contributed by atoms with Gasteiger partial charge >= 0.3 is 39.7 Å². The molecule has 0 unspecified atom stereocenters. The topological polar surface area (TPSA) is 43.4 Å². The fourth-order valence-electron chi connectivity index (χ4n) is 0.823. The Kier molecular flexibility index (Phi) is 6.92. The molecule has 0 aliphatic heterocycles. The first kappa shape index (κ1) is 14.7. The average molecular weight is 236 g/mol. The van der Waals surface area contributed by atoms with Gasteiger partial charge in [-0.2, -0.15) is 8.42 Å². The van der Waals surface area contributed by atoms with Crippen LogP contribution >= 0.6 is 0 Å². The van der Waals surface area contributed by atoms with E-state index in [-0.39, 0.29) is 35.3 Å². The van der Waals surface area contributed by atoms with Crippen molar-refractivity contribution in [3.05, 3.63) is 42.2 Å². The minimum atomic E-state index is -3.38. The molecule has 1 aromatic rings. The zero-order valence-corrected chi connectivity index (χ0v) is 8.70. The number of benzene rings is 1. The van der Waals surface area contributed by atoms with Gasteiger partial charge in [0.05, 0.1) is 5.75 Å². The first-order chi connectivity index (χ1) is 6.64. The summed E-state index contributed by atoms with van der Waals surface area (Å²) in [6, 6.07) is 9.35. The summed E-state index contributed by atoms with van der Waals surface area (Å²) in [5.74, 6) is -0.0217. The van der Waals surface area contributed by atoms with E-state index < -0.39 is 10.1 Å². The van der Waals surface area contributed by atoms with Crippen LogP contribution in [0.25, 0.3) is 6.08 Å². The number of hydrogen-bond acceptors (Lipinski definition) is 3. The van der Waals surface area contributed by atoms with Crippen molar-refractivity contribution in [1.82, 2.24) is 0 Å². The van der Waals surface area contributed by atoms with E-state index in [9.17, 15) is 8.42 Å². The van der Waals surface area contributed by atoms with Crippen LogP contribution in [0.1, 0.15) is 12.5 Å². The maximum absolute atomic E-state index is 10.9. The van der Waals surface area contributed by atoms with E-state index in [4.69, 9.17) is 0 Å². The summed E-state index contributed by atoms with van der Waals surface area (Å²) in [4.78, 5) is 0. The molecule has 0 N–H and O–H groups in total. The quantitative estimate of drug-likeness (QED) is 0.450. The predicted octanol–water partition coefficient (Wildman–Crippen LogP) is 1.38. The second-order valence-electron chi connectivity index (χ2n) is 2.66. The Morgan fingerprint density at radius 3 is 2.40 bits per heavy atom. The third kappa shape index (κ3) is 5.99. The first-order valence-electron chi connectivity index (χ1n) is 4.26. The average Bonchev–Trinajstić information content (AvgIpc) is 2.19. The van der Waals surface area contributed by atoms with Crippen molar-refractivity contribution < 1.29 is 12.6 Å². The molecule has 0 radical (unpaired) electrons. The number of rotatable bonds is 4. The monoisotopic (exact) mass is 236 g/mol. The Morgan fingerprint density at radius 2 is 1.87 bits per heavy atom. The van der Waals surface area contributed by atoms with Gasteiger partial charge in [0.15, 0.2) is 0 Å². The normalized spacial score (nSPS) is 11.0. The Morgan fingerprint density at radius 1 is 1.27 bits per heavy atom. The summed E-state index contributed by atoms with van der Waals surface area (Å²) in [5.41, 5.74) is 0.902. The summed E-state index contributed by atoms with van der Waals surface area (Å²) in [6.45, 7) is 1.53. The number of hydrogen-bond donors (Lipinski definition) is 0. The van der Waals surface area contributed by atoms with Crippen molar-refractivity contribution in [3.63, 3.8) is 0 Å². The van der Waals surface area contributed by atoms with Crippen LogP contribution in [0, 0.1) is 0 Å². The van der Waals surface area contributed by atoms with E-state index in [0.29, 0.717) is 0 Å². The molecule has 1 aromatic carbocycles. The van der Waals surface area contributed by atoms with Gasteiger partial charge in [0.2, 0.25) is 0 Å². The van der Waals surface area contributed by atoms with Crippen LogP contribution in [-0.2, 0) is 14.3 Å². The van der Waals surface area contributed by atoms with Gasteiger partial charge in [0, 0.05) is 0 Å². The Labute approximate surface area is 113 Å². The molecule has 5 heteroatoms. The van der Waals surface area contributed by atoms with E-state index in [0.717, 1.165) is 5.56 Å². The van der Waals surface area contributed by atoms with Crippen LogP contribution in [0.5, 0.6) is 0 Å². The van der Waals surface area contributed by atoms with Gasteiger partial charge in [-0.1, -0.05) is 30.3 Å². The maximum atomic E-state index is 10.9. The SMILES string of the molecule is CCS(=O)(=O)OC=Cc1ccccc1.[NaH]. The molecule has 0 bridgehead atoms. The van der Waals surface area contributed by atoms with Gasteiger partial charge in [0.25, 0.3) is 0 Å². The van der Waals surface area contributed by atoms with Crippen LogP contribution in [0.15, 0.2) is 36.6 Å². The van der Waals surface area contributed by atoms with Crippen molar-refractivity contribution in [3.8, 4) is 0 Å². The summed E-state index contributed by atoms with van der Waals surface area (Å²) in [5, 5.41) is 0. The zero-order valence-electron chi connectivity index (χ0n) is 7.88. The first-order valence-corrected chi connectivity index (χ1v) is 5.84. The molecule has 0 heterocycles. The Balaban J connectivity index is 0.00000196. The molecule has 0 aliphatic rings. The molecule has 0 spiro atoms. The van der Waals surface area contributed by atoms with Crippen molar-refractivity contribution in [2.45, 2.75) is 6.92 Å². The molecule has 0 atom stereocenters. The van der Waals surface area contributed by atoms with Crippen molar-refractivity contribution in [2.24, 2.45) is 0 Å². The van der Waals surface area contributed by atoms with Crippen molar-refractivity contribution >= 4 is 45.8 Å². The van der Waals surface area contributed by atoms with E-state index >= 15 is 0 Å². The Bertz CT molecular complexity index is 398. The van der Waals surface area contributed by atoms with Crippen LogP contribution in [-0.4, -0.2) is 43.7 Å². The molecule has 78 valence electrons. The van der Waals surface area contributed by atoms with E-state index in [2.05, 4.69) is 4.18 Å². The Hall–Kier alpha value is -0.290. The fourth-order valence-corrected chi connectivity index (χ4v) is 1.18. The third-order valence-corrected chi connectivity index (χ3v) is 2.73. The summed E-state index contributed by atoms with van der Waals surface area (Å²) >= 11 is 0. The van der Waals surface area contributed by atoms with Crippen molar-refractivity contribution in [2.75, 3.05) is 5.75 Å². The molecule has 1 rings (SSSR count). The molecule has 0 saturated heterocycles. The van der Waals surface area contributed by atoms with Crippen LogP contribution in [0.3, 0.4) is 0 Å². The third-order valence-electron chi connectivity index (χ3n) is 1.62. The van der Waals surface area contributed by atoms with Gasteiger partial charge in [-0.25, -0.2) is 0 Å². The van der Waals surface area contributed by atoms with Gasteiger partial charge in [-0.3, -0.25) is 0 Å². The second kappa shape index (κ2) is 7.06. The molecule has 15 heavy (non-hydrogen) atoms. The molecule has 3 nitrogen and oxygen atoms in total. The van der Waals surface area contributed by atoms with Gasteiger partial charge < -0.3 is 4.18 Å². The summed E-state index contributed by atoms with van der Waals surface area (Å²) in [7, 11) is -3.38. The standard InChI is InChI=1S/C10H12O3S.Na.H/c1-2-14(11,12)13-9-8-10-6-4-3-5-7-10;;/h3-9H,2H2,1H3;;. The molecular formula is C10H13NaO3S. The van der Waals surface area contributed by atoms with Gasteiger partial charge in [-0.15, -0.1) is 0 Å². The summed E-state index contributed by atoms with van der Waals surface area (Å²) in [6.07, 6.45) is 2.79. The van der Waals surface area contributed by atoms with Crippen molar-refractivity contribution in [1.29, 1.82) is 0 Å². The molecule has 0 aliphatic carbocycles. The predicted molar refractivity (Wildman–Crippen MR) is 63.2 cm³/mol. The van der Waals surface area contributed by atoms with Crippen LogP contribution < -0.4 is 0 Å². The van der Waals surface area contributed by atoms with Gasteiger partial charge in [0.1, 0.15) is 6.26 Å². The van der Waals surface area contributed by atoms with Crippen LogP contribution in [0.4, 0.5) is 0 Å². The van der Waals surface area contributed by atoms with E-state index in [1.165, 1.54) is 13.2 Å². The van der Waals surface area contributed by atoms with Gasteiger partial charge in [-0.05, 0) is 18.6 Å². The van der Waals surface area contributed by atoms with Crippen LogP contribution in [0.2, 0.25) is 0 Å². The summed E-state index contributed by atoms with van der Waals surface area (Å²) < 4.78 is 26.4. The fraction of sp³-hybridized carbons (Fsp3) is 0.200. The molecule has 0 amide bonds.